The van der Waals surface area contributed by atoms with Crippen LogP contribution in [0.4, 0.5) is 0 Å². The maximum Gasteiger partial charge on any atom is 0.352 e. The first-order chi connectivity index (χ1) is 8.61. The predicted octanol–water partition coefficient (Wildman–Crippen LogP) is 2.04. The lowest BCUT2D eigenvalue weighted by Gasteiger charge is -2.07. The third kappa shape index (κ3) is 2.43. The number of aryl methyl sites for hydroxylation is 1. The number of aromatic nitrogens is 1. The number of benzene rings is 1. The van der Waals surface area contributed by atoms with Gasteiger partial charge in [-0.2, -0.15) is 0 Å². The van der Waals surface area contributed by atoms with Crippen molar-refractivity contribution >= 4 is 5.97 Å². The number of hydrogen-bond acceptors (Lipinski definition) is 2. The number of aliphatic hydroxyl groups is 1. The van der Waals surface area contributed by atoms with Gasteiger partial charge in [0, 0.05) is 12.7 Å². The number of aromatic carboxylic acids is 1. The zero-order chi connectivity index (χ0) is 13.1. The number of aliphatic hydroxyl groups excluding tert-OH is 1. The number of rotatable bonds is 4. The summed E-state index contributed by atoms with van der Waals surface area (Å²) >= 11 is 0. The topological polar surface area (TPSA) is 62.5 Å². The third-order valence-electron chi connectivity index (χ3n) is 2.93. The zero-order valence-corrected chi connectivity index (χ0v) is 10.1. The van der Waals surface area contributed by atoms with Crippen molar-refractivity contribution < 1.29 is 15.0 Å². The van der Waals surface area contributed by atoms with Gasteiger partial charge in [0.15, 0.2) is 0 Å². The Hall–Kier alpha value is -2.07. The summed E-state index contributed by atoms with van der Waals surface area (Å²) in [6.45, 7) is 2.32. The van der Waals surface area contributed by atoms with Crippen molar-refractivity contribution in [2.45, 2.75) is 20.1 Å². The van der Waals surface area contributed by atoms with E-state index in [9.17, 15) is 4.79 Å². The molecule has 0 aliphatic carbocycles. The quantitative estimate of drug-likeness (QED) is 0.866. The summed E-state index contributed by atoms with van der Waals surface area (Å²) in [6, 6.07) is 9.27. The molecule has 0 aliphatic rings. The van der Waals surface area contributed by atoms with Gasteiger partial charge < -0.3 is 14.8 Å². The highest BCUT2D eigenvalue weighted by atomic mass is 16.4. The van der Waals surface area contributed by atoms with Crippen molar-refractivity contribution in [3.8, 4) is 0 Å². The Morgan fingerprint density at radius 3 is 2.33 bits per heavy atom. The summed E-state index contributed by atoms with van der Waals surface area (Å²) < 4.78 is 1.71. The number of nitrogens with zero attached hydrogens (tertiary/aromatic N) is 1. The molecule has 0 aliphatic heterocycles. The van der Waals surface area contributed by atoms with Gasteiger partial charge in [-0.05, 0) is 29.7 Å². The zero-order valence-electron chi connectivity index (χ0n) is 10.1. The average molecular weight is 245 g/mol. The lowest BCUT2D eigenvalue weighted by Crippen LogP contribution is -2.10. The first-order valence-electron chi connectivity index (χ1n) is 5.69. The van der Waals surface area contributed by atoms with Crippen molar-refractivity contribution in [3.05, 3.63) is 58.9 Å². The van der Waals surface area contributed by atoms with E-state index in [2.05, 4.69) is 0 Å². The van der Waals surface area contributed by atoms with Crippen LogP contribution in [0, 0.1) is 6.92 Å². The van der Waals surface area contributed by atoms with Crippen LogP contribution in [0.2, 0.25) is 0 Å². The highest BCUT2D eigenvalue weighted by molar-refractivity contribution is 5.87. The van der Waals surface area contributed by atoms with Crippen molar-refractivity contribution in [2.24, 2.45) is 0 Å². The molecular weight excluding hydrogens is 230 g/mol. The minimum absolute atomic E-state index is 0.0171. The molecule has 0 saturated heterocycles. The lowest BCUT2D eigenvalue weighted by atomic mass is 10.1. The van der Waals surface area contributed by atoms with E-state index in [4.69, 9.17) is 10.2 Å². The molecule has 0 spiro atoms. The summed E-state index contributed by atoms with van der Waals surface area (Å²) in [6.07, 6.45) is 1.78. The van der Waals surface area contributed by atoms with Crippen LogP contribution in [-0.4, -0.2) is 20.7 Å². The molecule has 0 bridgehead atoms. The summed E-state index contributed by atoms with van der Waals surface area (Å²) in [5, 5.41) is 18.1. The minimum Gasteiger partial charge on any atom is -0.477 e. The maximum absolute atomic E-state index is 11.1. The molecule has 0 fully saturated rings. The van der Waals surface area contributed by atoms with E-state index in [-0.39, 0.29) is 6.61 Å². The number of carbonyl (C=O) groups is 1. The monoisotopic (exact) mass is 245 g/mol. The third-order valence-corrected chi connectivity index (χ3v) is 2.93. The van der Waals surface area contributed by atoms with E-state index in [1.165, 1.54) is 0 Å². The molecular formula is C14H15NO3. The van der Waals surface area contributed by atoms with Crippen LogP contribution in [0.25, 0.3) is 0 Å². The van der Waals surface area contributed by atoms with Gasteiger partial charge in [0.05, 0.1) is 6.61 Å². The highest BCUT2D eigenvalue weighted by Crippen LogP contribution is 2.13. The number of hydrogen-bond donors (Lipinski definition) is 2. The lowest BCUT2D eigenvalue weighted by molar-refractivity contribution is 0.0685. The van der Waals surface area contributed by atoms with Crippen molar-refractivity contribution in [1.82, 2.24) is 4.57 Å². The van der Waals surface area contributed by atoms with Crippen LogP contribution in [0.1, 0.15) is 27.2 Å². The molecule has 1 heterocycles. The molecule has 0 unspecified atom stereocenters. The second-order valence-electron chi connectivity index (χ2n) is 4.26. The molecule has 4 nitrogen and oxygen atoms in total. The Morgan fingerprint density at radius 2 is 1.78 bits per heavy atom. The first-order valence-corrected chi connectivity index (χ1v) is 5.69. The van der Waals surface area contributed by atoms with E-state index in [0.29, 0.717) is 12.2 Å². The Labute approximate surface area is 105 Å². The molecule has 18 heavy (non-hydrogen) atoms. The minimum atomic E-state index is -0.913. The molecule has 0 saturated carbocycles. The summed E-state index contributed by atoms with van der Waals surface area (Å²) in [5.41, 5.74) is 2.93. The largest absolute Gasteiger partial charge is 0.477 e. The van der Waals surface area contributed by atoms with Crippen LogP contribution in [-0.2, 0) is 13.2 Å². The fourth-order valence-electron chi connectivity index (χ4n) is 1.95. The number of carboxylic acids is 1. The SMILES string of the molecule is Cc1ccn(Cc2ccc(CO)cc2)c1C(=O)O. The Balaban J connectivity index is 2.25. The van der Waals surface area contributed by atoms with E-state index in [1.54, 1.807) is 23.8 Å². The first kappa shape index (κ1) is 12.4. The van der Waals surface area contributed by atoms with Crippen LogP contribution in [0.3, 0.4) is 0 Å². The van der Waals surface area contributed by atoms with Crippen molar-refractivity contribution in [3.63, 3.8) is 0 Å². The van der Waals surface area contributed by atoms with Gasteiger partial charge in [-0.15, -0.1) is 0 Å². The second-order valence-corrected chi connectivity index (χ2v) is 4.26. The molecule has 94 valence electrons. The Bertz CT molecular complexity index is 555. The smallest absolute Gasteiger partial charge is 0.352 e. The second kappa shape index (κ2) is 5.06. The van der Waals surface area contributed by atoms with E-state index >= 15 is 0 Å². The fraction of sp³-hybridized carbons (Fsp3) is 0.214. The van der Waals surface area contributed by atoms with E-state index in [0.717, 1.165) is 16.7 Å². The van der Waals surface area contributed by atoms with Crippen LogP contribution in [0.5, 0.6) is 0 Å². The Morgan fingerprint density at radius 1 is 1.17 bits per heavy atom. The Kier molecular flexibility index (Phi) is 3.48. The molecule has 1 aromatic heterocycles. The molecule has 2 N–H and O–H groups in total. The highest BCUT2D eigenvalue weighted by Gasteiger charge is 2.13. The number of carboxylic acid groups (broad SMARTS) is 1. The van der Waals surface area contributed by atoms with Gasteiger partial charge in [0.1, 0.15) is 5.69 Å². The van der Waals surface area contributed by atoms with Gasteiger partial charge in [-0.25, -0.2) is 4.79 Å². The fourth-order valence-corrected chi connectivity index (χ4v) is 1.95. The average Bonchev–Trinajstić information content (AvgIpc) is 2.71. The van der Waals surface area contributed by atoms with E-state index in [1.807, 2.05) is 24.3 Å². The van der Waals surface area contributed by atoms with Crippen LogP contribution in [0.15, 0.2) is 36.5 Å². The molecule has 0 atom stereocenters. The van der Waals surface area contributed by atoms with Crippen molar-refractivity contribution in [1.29, 1.82) is 0 Å². The van der Waals surface area contributed by atoms with Gasteiger partial charge >= 0.3 is 5.97 Å². The summed E-state index contributed by atoms with van der Waals surface area (Å²) in [4.78, 5) is 11.1. The molecule has 2 aromatic rings. The van der Waals surface area contributed by atoms with Gasteiger partial charge in [-0.3, -0.25) is 0 Å². The van der Waals surface area contributed by atoms with Crippen LogP contribution >= 0.6 is 0 Å². The van der Waals surface area contributed by atoms with Crippen LogP contribution < -0.4 is 0 Å². The summed E-state index contributed by atoms with van der Waals surface area (Å²) in [7, 11) is 0. The van der Waals surface area contributed by atoms with Gasteiger partial charge in [0.25, 0.3) is 0 Å². The molecule has 2 rings (SSSR count). The normalized spacial score (nSPS) is 10.6. The molecule has 1 aromatic carbocycles. The maximum atomic E-state index is 11.1. The molecule has 4 heteroatoms. The summed E-state index contributed by atoms with van der Waals surface area (Å²) in [5.74, 6) is -0.913. The molecule has 0 amide bonds. The van der Waals surface area contributed by atoms with Gasteiger partial charge in [-0.1, -0.05) is 24.3 Å². The predicted molar refractivity (Wildman–Crippen MR) is 67.6 cm³/mol. The molecule has 0 radical (unpaired) electrons. The van der Waals surface area contributed by atoms with Crippen molar-refractivity contribution in [2.75, 3.05) is 0 Å². The van der Waals surface area contributed by atoms with Gasteiger partial charge in [0.2, 0.25) is 0 Å². The standard InChI is InChI=1S/C14H15NO3/c1-10-6-7-15(13(10)14(17)18)8-11-2-4-12(9-16)5-3-11/h2-7,16H,8-9H2,1H3,(H,17,18). The van der Waals surface area contributed by atoms with E-state index < -0.39 is 5.97 Å².